The molecule has 0 radical (unpaired) electrons. The van der Waals surface area contributed by atoms with E-state index in [1.807, 2.05) is 17.9 Å². The van der Waals surface area contributed by atoms with Crippen molar-refractivity contribution in [2.75, 3.05) is 19.6 Å². The summed E-state index contributed by atoms with van der Waals surface area (Å²) in [4.78, 5) is 29.3. The number of carbonyl (C=O) groups is 2. The number of amides is 2. The molecule has 5 heteroatoms. The highest BCUT2D eigenvalue weighted by atomic mass is 16.6. The molecule has 0 aromatic heterocycles. The second-order valence-corrected chi connectivity index (χ2v) is 9.83. The summed E-state index contributed by atoms with van der Waals surface area (Å²) in [5.74, 6) is 2.41. The van der Waals surface area contributed by atoms with Crippen molar-refractivity contribution in [2.24, 2.45) is 23.2 Å². The van der Waals surface area contributed by atoms with E-state index in [9.17, 15) is 9.59 Å². The lowest BCUT2D eigenvalue weighted by atomic mass is 9.54. The molecule has 0 aromatic carbocycles. The minimum absolute atomic E-state index is 0.149. The monoisotopic (exact) mass is 358 g/mol. The van der Waals surface area contributed by atoms with Crippen molar-refractivity contribution in [1.82, 2.24) is 9.80 Å². The van der Waals surface area contributed by atoms with Gasteiger partial charge in [-0.25, -0.2) is 4.79 Å². The van der Waals surface area contributed by atoms with Gasteiger partial charge in [0.05, 0.1) is 5.41 Å². The van der Waals surface area contributed by atoms with Crippen molar-refractivity contribution in [3.8, 4) is 0 Å². The van der Waals surface area contributed by atoms with E-state index in [4.69, 9.17) is 4.74 Å². The van der Waals surface area contributed by atoms with E-state index in [0.29, 0.717) is 6.54 Å². The second kappa shape index (κ2) is 5.74. The van der Waals surface area contributed by atoms with Crippen LogP contribution in [0.15, 0.2) is 12.3 Å². The largest absolute Gasteiger partial charge is 0.443 e. The number of carbonyl (C=O) groups excluding carboxylic acids is 2. The number of likely N-dealkylation sites (tertiary alicyclic amines) is 1. The van der Waals surface area contributed by atoms with Crippen LogP contribution in [0.5, 0.6) is 0 Å². The molecule has 2 aliphatic heterocycles. The topological polar surface area (TPSA) is 49.9 Å². The molecule has 1 saturated heterocycles. The molecule has 6 aliphatic rings. The first-order chi connectivity index (χ1) is 12.4. The molecule has 1 atom stereocenters. The smallest absolute Gasteiger partial charge is 0.414 e. The van der Waals surface area contributed by atoms with Gasteiger partial charge in [0.1, 0.15) is 5.60 Å². The van der Waals surface area contributed by atoms with Crippen LogP contribution in [0.25, 0.3) is 0 Å². The molecule has 0 spiro atoms. The highest BCUT2D eigenvalue weighted by Crippen LogP contribution is 2.57. The standard InChI is InChI=1S/C21H30N2O3/c1-20(18(24)22-5-2-3-6-22)4-7-23(14-20)19(25)26-21-11-15-8-16(12-21)10-17(9-15)13-21/h4,7,15-17H,2-3,5-6,8-14H2,1H3. The molecule has 4 bridgehead atoms. The summed E-state index contributed by atoms with van der Waals surface area (Å²) in [5, 5.41) is 0. The first-order valence-corrected chi connectivity index (χ1v) is 10.4. The van der Waals surface area contributed by atoms with Gasteiger partial charge in [-0.3, -0.25) is 9.69 Å². The van der Waals surface area contributed by atoms with Crippen LogP contribution in [0, 0.1) is 23.2 Å². The summed E-state index contributed by atoms with van der Waals surface area (Å²) in [6.45, 7) is 4.05. The SMILES string of the molecule is CC1(C(=O)N2CCCC2)C=CN(C(=O)OC23CC4CC(CC(C4)C2)C3)C1. The number of ether oxygens (including phenoxy) is 1. The molecule has 5 fully saturated rings. The average molecular weight is 358 g/mol. The highest BCUT2D eigenvalue weighted by molar-refractivity contribution is 5.86. The quantitative estimate of drug-likeness (QED) is 0.758. The number of rotatable bonds is 2. The van der Waals surface area contributed by atoms with Crippen molar-refractivity contribution in [3.63, 3.8) is 0 Å². The van der Waals surface area contributed by atoms with Crippen molar-refractivity contribution in [2.45, 2.75) is 63.9 Å². The molecule has 0 N–H and O–H groups in total. The van der Waals surface area contributed by atoms with Crippen LogP contribution in [0.1, 0.15) is 58.3 Å². The second-order valence-electron chi connectivity index (χ2n) is 9.83. The first kappa shape index (κ1) is 16.6. The van der Waals surface area contributed by atoms with E-state index in [1.165, 1.54) is 19.3 Å². The van der Waals surface area contributed by atoms with Crippen LogP contribution in [0.2, 0.25) is 0 Å². The summed E-state index contributed by atoms with van der Waals surface area (Å²) in [7, 11) is 0. The third-order valence-electron chi connectivity index (χ3n) is 7.52. The Balaban J connectivity index is 1.25. The van der Waals surface area contributed by atoms with Gasteiger partial charge < -0.3 is 9.64 Å². The lowest BCUT2D eigenvalue weighted by Gasteiger charge is -2.55. The van der Waals surface area contributed by atoms with Gasteiger partial charge in [0.2, 0.25) is 5.91 Å². The average Bonchev–Trinajstić information content (AvgIpc) is 3.23. The minimum atomic E-state index is -0.606. The van der Waals surface area contributed by atoms with Crippen LogP contribution < -0.4 is 0 Å². The van der Waals surface area contributed by atoms with Crippen molar-refractivity contribution in [3.05, 3.63) is 12.3 Å². The van der Waals surface area contributed by atoms with E-state index in [0.717, 1.165) is 62.9 Å². The van der Waals surface area contributed by atoms with E-state index in [1.54, 1.807) is 11.1 Å². The number of nitrogens with zero attached hydrogens (tertiary/aromatic N) is 2. The summed E-state index contributed by atoms with van der Waals surface area (Å²) < 4.78 is 6.14. The fourth-order valence-electron chi connectivity index (χ4n) is 6.66. The predicted octanol–water partition coefficient (Wildman–Crippen LogP) is 3.55. The van der Waals surface area contributed by atoms with Crippen LogP contribution in [-0.4, -0.2) is 47.0 Å². The fourth-order valence-corrected chi connectivity index (χ4v) is 6.66. The summed E-state index contributed by atoms with van der Waals surface area (Å²) in [6, 6.07) is 0. The van der Waals surface area contributed by atoms with Gasteiger partial charge in [-0.15, -0.1) is 0 Å². The van der Waals surface area contributed by atoms with Crippen molar-refractivity contribution in [1.29, 1.82) is 0 Å². The van der Waals surface area contributed by atoms with E-state index in [-0.39, 0.29) is 17.6 Å². The number of hydrogen-bond donors (Lipinski definition) is 0. The van der Waals surface area contributed by atoms with Gasteiger partial charge in [0, 0.05) is 25.8 Å². The van der Waals surface area contributed by atoms with Crippen molar-refractivity contribution >= 4 is 12.0 Å². The van der Waals surface area contributed by atoms with Crippen LogP contribution >= 0.6 is 0 Å². The predicted molar refractivity (Wildman–Crippen MR) is 97.2 cm³/mol. The molecule has 142 valence electrons. The zero-order chi connectivity index (χ0) is 17.9. The molecule has 4 saturated carbocycles. The van der Waals surface area contributed by atoms with Gasteiger partial charge in [0.25, 0.3) is 0 Å². The first-order valence-electron chi connectivity index (χ1n) is 10.4. The van der Waals surface area contributed by atoms with E-state index >= 15 is 0 Å². The molecule has 6 rings (SSSR count). The van der Waals surface area contributed by atoms with Gasteiger partial charge in [-0.05, 0) is 76.0 Å². The third kappa shape index (κ3) is 2.66. The van der Waals surface area contributed by atoms with Gasteiger partial charge in [-0.2, -0.15) is 0 Å². The highest BCUT2D eigenvalue weighted by Gasteiger charge is 2.54. The Morgan fingerprint density at radius 1 is 1.00 bits per heavy atom. The third-order valence-corrected chi connectivity index (χ3v) is 7.52. The van der Waals surface area contributed by atoms with E-state index < -0.39 is 5.41 Å². The zero-order valence-electron chi connectivity index (χ0n) is 15.8. The van der Waals surface area contributed by atoms with Crippen LogP contribution in [0.3, 0.4) is 0 Å². The maximum absolute atomic E-state index is 12.9. The maximum atomic E-state index is 12.9. The Hall–Kier alpha value is -1.52. The summed E-state index contributed by atoms with van der Waals surface area (Å²) in [6.07, 6.45) is 12.7. The molecule has 2 heterocycles. The van der Waals surface area contributed by atoms with E-state index in [2.05, 4.69) is 0 Å². The van der Waals surface area contributed by atoms with Crippen LogP contribution in [0.4, 0.5) is 4.79 Å². The van der Waals surface area contributed by atoms with Crippen LogP contribution in [-0.2, 0) is 9.53 Å². The minimum Gasteiger partial charge on any atom is -0.443 e. The van der Waals surface area contributed by atoms with Gasteiger partial charge >= 0.3 is 6.09 Å². The normalized spacial score (nSPS) is 43.3. The zero-order valence-corrected chi connectivity index (χ0v) is 15.8. The Bertz CT molecular complexity index is 616. The Labute approximate surface area is 155 Å². The number of hydrogen-bond acceptors (Lipinski definition) is 3. The molecule has 1 unspecified atom stereocenters. The molecular formula is C21H30N2O3. The maximum Gasteiger partial charge on any atom is 0.414 e. The Morgan fingerprint density at radius 2 is 1.58 bits per heavy atom. The van der Waals surface area contributed by atoms with Crippen molar-refractivity contribution < 1.29 is 14.3 Å². The molecule has 2 amide bonds. The summed E-state index contributed by atoms with van der Waals surface area (Å²) >= 11 is 0. The lowest BCUT2D eigenvalue weighted by Crippen LogP contribution is -2.54. The Morgan fingerprint density at radius 3 is 2.15 bits per heavy atom. The van der Waals surface area contributed by atoms with Gasteiger partial charge in [-0.1, -0.05) is 6.08 Å². The Kier molecular flexibility index (Phi) is 3.67. The lowest BCUT2D eigenvalue weighted by molar-refractivity contribution is -0.138. The molecule has 26 heavy (non-hydrogen) atoms. The molecule has 5 nitrogen and oxygen atoms in total. The fraction of sp³-hybridized carbons (Fsp3) is 0.810. The summed E-state index contributed by atoms with van der Waals surface area (Å²) in [5.41, 5.74) is -0.831. The van der Waals surface area contributed by atoms with Gasteiger partial charge in [0.15, 0.2) is 0 Å². The molecular weight excluding hydrogens is 328 g/mol. The molecule has 0 aromatic rings. The molecule has 4 aliphatic carbocycles.